The van der Waals surface area contributed by atoms with E-state index in [1.54, 1.807) is 0 Å². The largest absolute Gasteiger partial charge is 0.391 e. The zero-order valence-corrected chi connectivity index (χ0v) is 12.1. The summed E-state index contributed by atoms with van der Waals surface area (Å²) in [7, 11) is 0. The zero-order valence-electron chi connectivity index (χ0n) is 12.1. The normalized spacial score (nSPS) is 44.3. The molecule has 0 radical (unpaired) electrons. The van der Waals surface area contributed by atoms with Crippen molar-refractivity contribution < 1.29 is 18.3 Å². The van der Waals surface area contributed by atoms with Crippen molar-refractivity contribution >= 4 is 5.84 Å². The average Bonchev–Trinajstić information content (AvgIpc) is 2.71. The molecule has 1 heterocycles. The fraction of sp³-hybridized carbons (Fsp3) is 0.933. The maximum Gasteiger partial charge on any atom is 0.391 e. The molecule has 3 unspecified atom stereocenters. The number of halogens is 3. The Morgan fingerprint density at radius 3 is 2.29 bits per heavy atom. The topological polar surface area (TPSA) is 58.6 Å². The highest BCUT2D eigenvalue weighted by Gasteiger charge is 2.56. The molecule has 0 aromatic rings. The molecular weight excluding hydrogens is 281 g/mol. The number of hydrogen-bond donors (Lipinski definition) is 2. The van der Waals surface area contributed by atoms with Crippen LogP contribution in [0, 0.1) is 17.8 Å². The third kappa shape index (κ3) is 2.45. The Balaban J connectivity index is 1.73. The Labute approximate surface area is 122 Å². The standard InChI is InChI=1S/C15H23F3N2O/c16-15(17,18)10-7-5-9(6-8-10)14(21)11-3-1-2-4-12(11)20-13(14)19/h9-12,21H,1-8H2,(H2,19,20). The third-order valence-electron chi connectivity index (χ3n) is 5.82. The second-order valence-corrected chi connectivity index (χ2v) is 6.89. The van der Waals surface area contributed by atoms with Crippen LogP contribution >= 0.6 is 0 Å². The van der Waals surface area contributed by atoms with Crippen LogP contribution in [0.25, 0.3) is 0 Å². The van der Waals surface area contributed by atoms with E-state index in [-0.39, 0.29) is 36.6 Å². The molecular formula is C15H23F3N2O. The van der Waals surface area contributed by atoms with Gasteiger partial charge in [-0.05, 0) is 44.4 Å². The van der Waals surface area contributed by atoms with Crippen LogP contribution in [-0.2, 0) is 0 Å². The zero-order chi connectivity index (χ0) is 15.3. The lowest BCUT2D eigenvalue weighted by molar-refractivity contribution is -0.188. The molecule has 0 bridgehead atoms. The van der Waals surface area contributed by atoms with E-state index >= 15 is 0 Å². The Hall–Kier alpha value is -0.780. The summed E-state index contributed by atoms with van der Waals surface area (Å²) < 4.78 is 38.3. The summed E-state index contributed by atoms with van der Waals surface area (Å²) in [5, 5.41) is 11.1. The maximum absolute atomic E-state index is 12.8. The Kier molecular flexibility index (Phi) is 3.71. The summed E-state index contributed by atoms with van der Waals surface area (Å²) in [5.74, 6) is -1.11. The average molecular weight is 304 g/mol. The first-order valence-corrected chi connectivity index (χ1v) is 7.96. The van der Waals surface area contributed by atoms with Gasteiger partial charge >= 0.3 is 6.18 Å². The molecule has 0 amide bonds. The van der Waals surface area contributed by atoms with E-state index in [2.05, 4.69) is 4.99 Å². The number of amidine groups is 1. The van der Waals surface area contributed by atoms with Crippen molar-refractivity contribution in [3.8, 4) is 0 Å². The molecule has 0 aromatic heterocycles. The fourth-order valence-electron chi connectivity index (χ4n) is 4.62. The van der Waals surface area contributed by atoms with Crippen LogP contribution in [0.3, 0.4) is 0 Å². The predicted molar refractivity (Wildman–Crippen MR) is 73.8 cm³/mol. The van der Waals surface area contributed by atoms with Crippen molar-refractivity contribution in [2.24, 2.45) is 28.5 Å². The highest BCUT2D eigenvalue weighted by Crippen LogP contribution is 2.49. The smallest absolute Gasteiger partial charge is 0.385 e. The molecule has 3 atom stereocenters. The van der Waals surface area contributed by atoms with Gasteiger partial charge < -0.3 is 10.8 Å². The predicted octanol–water partition coefficient (Wildman–Crippen LogP) is 3.02. The van der Waals surface area contributed by atoms with Gasteiger partial charge in [-0.25, -0.2) is 0 Å². The van der Waals surface area contributed by atoms with Gasteiger partial charge in [0.1, 0.15) is 11.4 Å². The minimum absolute atomic E-state index is 0.0127. The molecule has 1 aliphatic heterocycles. The van der Waals surface area contributed by atoms with Crippen molar-refractivity contribution in [2.45, 2.75) is 69.2 Å². The summed E-state index contributed by atoms with van der Waals surface area (Å²) in [5.41, 5.74) is 4.84. The van der Waals surface area contributed by atoms with Crippen LogP contribution < -0.4 is 5.73 Å². The molecule has 2 aliphatic carbocycles. The van der Waals surface area contributed by atoms with Crippen LogP contribution in [0.15, 0.2) is 4.99 Å². The number of nitrogens with zero attached hydrogens (tertiary/aromatic N) is 1. The first kappa shape index (κ1) is 15.1. The first-order chi connectivity index (χ1) is 9.83. The van der Waals surface area contributed by atoms with Gasteiger partial charge in [0.25, 0.3) is 0 Å². The van der Waals surface area contributed by atoms with Crippen molar-refractivity contribution in [1.29, 1.82) is 0 Å². The lowest BCUT2D eigenvalue weighted by Crippen LogP contribution is -2.55. The van der Waals surface area contributed by atoms with Gasteiger partial charge in [-0.15, -0.1) is 0 Å². The van der Waals surface area contributed by atoms with Crippen LogP contribution in [0.4, 0.5) is 13.2 Å². The molecule has 3 nitrogen and oxygen atoms in total. The molecule has 3 N–H and O–H groups in total. The van der Waals surface area contributed by atoms with E-state index in [1.165, 1.54) is 0 Å². The molecule has 0 aromatic carbocycles. The minimum atomic E-state index is -4.11. The molecule has 6 heteroatoms. The second-order valence-electron chi connectivity index (χ2n) is 6.89. The Morgan fingerprint density at radius 2 is 1.67 bits per heavy atom. The highest BCUT2D eigenvalue weighted by molar-refractivity contribution is 5.91. The van der Waals surface area contributed by atoms with Gasteiger partial charge in [-0.2, -0.15) is 13.2 Å². The van der Waals surface area contributed by atoms with Crippen LogP contribution in [0.5, 0.6) is 0 Å². The van der Waals surface area contributed by atoms with E-state index in [0.717, 1.165) is 25.7 Å². The monoisotopic (exact) mass is 304 g/mol. The lowest BCUT2D eigenvalue weighted by Gasteiger charge is -2.43. The van der Waals surface area contributed by atoms with Gasteiger partial charge in [-0.1, -0.05) is 12.8 Å². The van der Waals surface area contributed by atoms with E-state index in [0.29, 0.717) is 12.8 Å². The van der Waals surface area contributed by atoms with Gasteiger partial charge in [0.05, 0.1) is 12.0 Å². The van der Waals surface area contributed by atoms with Gasteiger partial charge in [0, 0.05) is 5.92 Å². The third-order valence-corrected chi connectivity index (χ3v) is 5.82. The summed E-state index contributed by atoms with van der Waals surface area (Å²) >= 11 is 0. The van der Waals surface area contributed by atoms with Crippen LogP contribution in [-0.4, -0.2) is 28.8 Å². The van der Waals surface area contributed by atoms with Crippen molar-refractivity contribution in [2.75, 3.05) is 0 Å². The molecule has 3 aliphatic rings. The number of aliphatic hydroxyl groups is 1. The lowest BCUT2D eigenvalue weighted by atomic mass is 9.65. The number of alkyl halides is 3. The minimum Gasteiger partial charge on any atom is -0.385 e. The first-order valence-electron chi connectivity index (χ1n) is 7.96. The van der Waals surface area contributed by atoms with E-state index < -0.39 is 17.7 Å². The van der Waals surface area contributed by atoms with Crippen molar-refractivity contribution in [3.05, 3.63) is 0 Å². The molecule has 2 saturated carbocycles. The van der Waals surface area contributed by atoms with Crippen molar-refractivity contribution in [3.63, 3.8) is 0 Å². The van der Waals surface area contributed by atoms with Crippen molar-refractivity contribution in [1.82, 2.24) is 0 Å². The number of aliphatic imine (C=N–C) groups is 1. The number of rotatable bonds is 1. The maximum atomic E-state index is 12.8. The summed E-state index contributed by atoms with van der Waals surface area (Å²) in [4.78, 5) is 4.43. The van der Waals surface area contributed by atoms with Crippen LogP contribution in [0.1, 0.15) is 51.4 Å². The van der Waals surface area contributed by atoms with E-state index in [9.17, 15) is 18.3 Å². The molecule has 21 heavy (non-hydrogen) atoms. The number of fused-ring (bicyclic) bond motifs is 1. The molecule has 2 fully saturated rings. The van der Waals surface area contributed by atoms with Gasteiger partial charge in [0.15, 0.2) is 0 Å². The SMILES string of the molecule is NC1=NC2CCCCC2C1(O)C1CCC(C(F)(F)F)CC1. The summed E-state index contributed by atoms with van der Waals surface area (Å²) in [6, 6.07) is 0.0732. The highest BCUT2D eigenvalue weighted by atomic mass is 19.4. The quantitative estimate of drug-likeness (QED) is 0.782. The summed E-state index contributed by atoms with van der Waals surface area (Å²) in [6.45, 7) is 0. The van der Waals surface area contributed by atoms with Gasteiger partial charge in [-0.3, -0.25) is 4.99 Å². The Morgan fingerprint density at radius 1 is 1.05 bits per heavy atom. The summed E-state index contributed by atoms with van der Waals surface area (Å²) in [6.07, 6.45) is 0.813. The molecule has 0 spiro atoms. The van der Waals surface area contributed by atoms with E-state index in [4.69, 9.17) is 5.73 Å². The molecule has 0 saturated heterocycles. The molecule has 120 valence electrons. The fourth-order valence-corrected chi connectivity index (χ4v) is 4.62. The number of nitrogens with two attached hydrogens (primary N) is 1. The van der Waals surface area contributed by atoms with Gasteiger partial charge in [0.2, 0.25) is 0 Å². The molecule has 3 rings (SSSR count). The van der Waals surface area contributed by atoms with E-state index in [1.807, 2.05) is 0 Å². The van der Waals surface area contributed by atoms with Crippen LogP contribution in [0.2, 0.25) is 0 Å². The number of hydrogen-bond acceptors (Lipinski definition) is 3. The second kappa shape index (κ2) is 5.14. The Bertz CT molecular complexity index is 429.